The van der Waals surface area contributed by atoms with E-state index in [0.29, 0.717) is 28.8 Å². The van der Waals surface area contributed by atoms with Gasteiger partial charge in [-0.05, 0) is 55.7 Å². The summed E-state index contributed by atoms with van der Waals surface area (Å²) in [6.45, 7) is 0. The van der Waals surface area contributed by atoms with Crippen LogP contribution in [0, 0.1) is 17.8 Å². The number of methoxy groups -OCH3 is 2. The molecule has 0 heterocycles. The average molecular weight is 346 g/mol. The molecular formula is C19H26N2O4. The molecule has 3 rings (SSSR count). The molecule has 2 bridgehead atoms. The lowest BCUT2D eigenvalue weighted by atomic mass is 9.65. The van der Waals surface area contributed by atoms with E-state index >= 15 is 0 Å². The number of rotatable bonds is 4. The van der Waals surface area contributed by atoms with Crippen molar-refractivity contribution in [1.82, 2.24) is 0 Å². The van der Waals surface area contributed by atoms with Gasteiger partial charge in [0.05, 0.1) is 25.5 Å². The maximum absolute atomic E-state index is 12.8. The highest BCUT2D eigenvalue weighted by molar-refractivity contribution is 6.02. The van der Waals surface area contributed by atoms with Gasteiger partial charge in [-0.15, -0.1) is 0 Å². The van der Waals surface area contributed by atoms with E-state index in [1.54, 1.807) is 18.2 Å². The zero-order valence-electron chi connectivity index (χ0n) is 14.8. The lowest BCUT2D eigenvalue weighted by molar-refractivity contribution is -0.122. The topological polar surface area (TPSA) is 90.6 Å². The highest BCUT2D eigenvalue weighted by atomic mass is 16.5. The molecule has 0 spiro atoms. The van der Waals surface area contributed by atoms with Gasteiger partial charge >= 0.3 is 5.97 Å². The van der Waals surface area contributed by atoms with Crippen molar-refractivity contribution in [3.8, 4) is 5.75 Å². The Morgan fingerprint density at radius 3 is 2.44 bits per heavy atom. The van der Waals surface area contributed by atoms with Gasteiger partial charge in [0.1, 0.15) is 5.75 Å². The monoisotopic (exact) mass is 346 g/mol. The van der Waals surface area contributed by atoms with Crippen LogP contribution in [0.1, 0.15) is 42.5 Å². The van der Waals surface area contributed by atoms with Crippen molar-refractivity contribution in [3.63, 3.8) is 0 Å². The third-order valence-corrected chi connectivity index (χ3v) is 5.67. The maximum atomic E-state index is 12.8. The van der Waals surface area contributed by atoms with E-state index in [1.807, 2.05) is 0 Å². The Bertz CT molecular complexity index is 647. The number of ether oxygens (including phenoxy) is 2. The Morgan fingerprint density at radius 1 is 1.16 bits per heavy atom. The Kier molecular flexibility index (Phi) is 5.27. The molecule has 2 saturated carbocycles. The summed E-state index contributed by atoms with van der Waals surface area (Å²) >= 11 is 0. The van der Waals surface area contributed by atoms with Crippen LogP contribution < -0.4 is 15.8 Å². The number of amides is 1. The summed E-state index contributed by atoms with van der Waals surface area (Å²) < 4.78 is 9.97. The molecule has 1 amide bonds. The fraction of sp³-hybridized carbons (Fsp3) is 0.579. The summed E-state index contributed by atoms with van der Waals surface area (Å²) in [4.78, 5) is 24.8. The van der Waals surface area contributed by atoms with Crippen LogP contribution >= 0.6 is 0 Å². The van der Waals surface area contributed by atoms with Crippen molar-refractivity contribution < 1.29 is 19.1 Å². The largest absolute Gasteiger partial charge is 0.497 e. The first-order valence-corrected chi connectivity index (χ1v) is 8.86. The Hall–Kier alpha value is -2.08. The second-order valence-electron chi connectivity index (χ2n) is 7.09. The Balaban J connectivity index is 1.76. The lowest BCUT2D eigenvalue weighted by Crippen LogP contribution is -2.48. The fourth-order valence-corrected chi connectivity index (χ4v) is 4.28. The summed E-state index contributed by atoms with van der Waals surface area (Å²) in [5.74, 6) is 0.800. The number of hydrogen-bond donors (Lipinski definition) is 2. The molecule has 2 unspecified atom stereocenters. The molecule has 3 N–H and O–H groups in total. The van der Waals surface area contributed by atoms with Gasteiger partial charge in [-0.2, -0.15) is 0 Å². The van der Waals surface area contributed by atoms with E-state index in [2.05, 4.69) is 5.32 Å². The van der Waals surface area contributed by atoms with Gasteiger partial charge in [-0.1, -0.05) is 6.42 Å². The molecule has 136 valence electrons. The fourth-order valence-electron chi connectivity index (χ4n) is 4.28. The van der Waals surface area contributed by atoms with Crippen molar-refractivity contribution >= 4 is 17.6 Å². The molecule has 6 heteroatoms. The van der Waals surface area contributed by atoms with E-state index < -0.39 is 5.97 Å². The quantitative estimate of drug-likeness (QED) is 0.818. The first-order chi connectivity index (χ1) is 12.0. The number of nitrogens with one attached hydrogen (secondary N) is 1. The highest BCUT2D eigenvalue weighted by Crippen LogP contribution is 2.42. The van der Waals surface area contributed by atoms with Crippen molar-refractivity contribution in [2.24, 2.45) is 23.5 Å². The lowest BCUT2D eigenvalue weighted by Gasteiger charge is -2.43. The summed E-state index contributed by atoms with van der Waals surface area (Å²) in [7, 11) is 2.84. The normalized spacial score (nSPS) is 28.1. The molecule has 2 aliphatic carbocycles. The van der Waals surface area contributed by atoms with Crippen LogP contribution in [0.2, 0.25) is 0 Å². The zero-order valence-corrected chi connectivity index (χ0v) is 14.8. The zero-order chi connectivity index (χ0) is 18.0. The third kappa shape index (κ3) is 3.63. The van der Waals surface area contributed by atoms with Crippen LogP contribution in [0.15, 0.2) is 18.2 Å². The number of hydrogen-bond acceptors (Lipinski definition) is 5. The molecule has 0 aromatic heterocycles. The number of esters is 1. The molecule has 25 heavy (non-hydrogen) atoms. The van der Waals surface area contributed by atoms with Gasteiger partial charge in [0.15, 0.2) is 0 Å². The molecule has 1 aromatic rings. The molecular weight excluding hydrogens is 320 g/mol. The number of nitrogens with two attached hydrogens (primary N) is 1. The Morgan fingerprint density at radius 2 is 1.84 bits per heavy atom. The molecule has 0 radical (unpaired) electrons. The van der Waals surface area contributed by atoms with Gasteiger partial charge in [-0.25, -0.2) is 4.79 Å². The summed E-state index contributed by atoms with van der Waals surface area (Å²) in [5.41, 5.74) is 7.06. The minimum absolute atomic E-state index is 0.0425. The second kappa shape index (κ2) is 7.44. The second-order valence-corrected chi connectivity index (χ2v) is 7.09. The predicted octanol–water partition coefficient (Wildman–Crippen LogP) is 2.57. The van der Waals surface area contributed by atoms with Crippen LogP contribution in [0.3, 0.4) is 0 Å². The van der Waals surface area contributed by atoms with Crippen molar-refractivity contribution in [3.05, 3.63) is 23.8 Å². The summed E-state index contributed by atoms with van der Waals surface area (Å²) in [6.07, 6.45) is 5.08. The summed E-state index contributed by atoms with van der Waals surface area (Å²) in [5, 5.41) is 2.91. The van der Waals surface area contributed by atoms with Crippen molar-refractivity contribution in [2.45, 2.75) is 38.1 Å². The van der Waals surface area contributed by atoms with E-state index in [9.17, 15) is 9.59 Å². The molecule has 2 atom stereocenters. The minimum Gasteiger partial charge on any atom is -0.497 e. The maximum Gasteiger partial charge on any atom is 0.340 e. The minimum atomic E-state index is -0.503. The SMILES string of the molecule is COC(=O)c1cc(OC)ccc1NC(=O)C1CC2CCCC(C1)C2N. The predicted molar refractivity (Wildman–Crippen MR) is 94.5 cm³/mol. The van der Waals surface area contributed by atoms with E-state index in [-0.39, 0.29) is 17.9 Å². The highest BCUT2D eigenvalue weighted by Gasteiger charge is 2.40. The number of fused-ring (bicyclic) bond motifs is 2. The van der Waals surface area contributed by atoms with Gasteiger partial charge < -0.3 is 20.5 Å². The molecule has 2 aliphatic rings. The van der Waals surface area contributed by atoms with Crippen LogP contribution in [0.5, 0.6) is 5.75 Å². The third-order valence-electron chi connectivity index (χ3n) is 5.67. The first-order valence-electron chi connectivity index (χ1n) is 8.86. The molecule has 0 saturated heterocycles. The van der Waals surface area contributed by atoms with Crippen molar-refractivity contribution in [2.75, 3.05) is 19.5 Å². The number of carbonyl (C=O) groups excluding carboxylic acids is 2. The first kappa shape index (κ1) is 17.7. The molecule has 6 nitrogen and oxygen atoms in total. The van der Waals surface area contributed by atoms with Crippen LogP contribution in [0.4, 0.5) is 5.69 Å². The van der Waals surface area contributed by atoms with E-state index in [1.165, 1.54) is 20.6 Å². The summed E-state index contributed by atoms with van der Waals surface area (Å²) in [6, 6.07) is 5.20. The van der Waals surface area contributed by atoms with Crippen LogP contribution in [-0.2, 0) is 9.53 Å². The van der Waals surface area contributed by atoms with Crippen LogP contribution in [0.25, 0.3) is 0 Å². The Labute approximate surface area is 148 Å². The van der Waals surface area contributed by atoms with Crippen LogP contribution in [-0.4, -0.2) is 32.1 Å². The number of carbonyl (C=O) groups is 2. The number of benzene rings is 1. The smallest absolute Gasteiger partial charge is 0.340 e. The van der Waals surface area contributed by atoms with Crippen molar-refractivity contribution in [1.29, 1.82) is 0 Å². The van der Waals surface area contributed by atoms with E-state index in [0.717, 1.165) is 25.7 Å². The van der Waals surface area contributed by atoms with Gasteiger partial charge in [0, 0.05) is 12.0 Å². The average Bonchev–Trinajstić information content (AvgIpc) is 2.61. The van der Waals surface area contributed by atoms with Gasteiger partial charge in [0.25, 0.3) is 0 Å². The molecule has 1 aromatic carbocycles. The van der Waals surface area contributed by atoms with E-state index in [4.69, 9.17) is 15.2 Å². The molecule has 0 aliphatic heterocycles. The number of anilines is 1. The van der Waals surface area contributed by atoms with Gasteiger partial charge in [0.2, 0.25) is 5.91 Å². The molecule has 2 fully saturated rings. The van der Waals surface area contributed by atoms with Gasteiger partial charge in [-0.3, -0.25) is 4.79 Å². The standard InChI is InChI=1S/C19H26N2O4/c1-24-14-6-7-16(15(10-14)19(23)25-2)21-18(22)13-8-11-4-3-5-12(9-13)17(11)20/h6-7,10-13,17H,3-5,8-9,20H2,1-2H3,(H,21,22).